The van der Waals surface area contributed by atoms with Gasteiger partial charge in [0.2, 0.25) is 5.88 Å². The van der Waals surface area contributed by atoms with E-state index >= 15 is 0 Å². The largest absolute Gasteiger partial charge is 0.473 e. The van der Waals surface area contributed by atoms with Crippen molar-refractivity contribution in [3.05, 3.63) is 41.3 Å². The van der Waals surface area contributed by atoms with E-state index in [9.17, 15) is 18.0 Å². The number of carbonyl (C=O) groups excluding carboxylic acids is 1. The number of pyridine rings is 1. The standard InChI is InChI=1S/C18H19F3N2O2P2/c19-16-6-12(26)2-4-13(16)15-5-10(8-24)23-17-14(15)3-1-11(25-17)7-22-9-18(20,21)27/h2,4-6,8,11,22H,1,3,7,9,26-27H2. The van der Waals surface area contributed by atoms with E-state index in [0.717, 1.165) is 0 Å². The highest BCUT2D eigenvalue weighted by molar-refractivity contribution is 7.27. The maximum Gasteiger partial charge on any atom is 0.271 e. The minimum atomic E-state index is -2.88. The third kappa shape index (κ3) is 5.04. The van der Waals surface area contributed by atoms with Crippen molar-refractivity contribution < 1.29 is 22.7 Å². The summed E-state index contributed by atoms with van der Waals surface area (Å²) < 4.78 is 46.0. The summed E-state index contributed by atoms with van der Waals surface area (Å²) in [6.07, 6.45) is 1.33. The molecule has 3 atom stereocenters. The summed E-state index contributed by atoms with van der Waals surface area (Å²) in [5.74, 6) is -0.154. The van der Waals surface area contributed by atoms with Crippen LogP contribution >= 0.6 is 18.5 Å². The highest BCUT2D eigenvalue weighted by Gasteiger charge is 2.27. The lowest BCUT2D eigenvalue weighted by Crippen LogP contribution is -2.38. The third-order valence-electron chi connectivity index (χ3n) is 4.24. The number of hydrogen-bond donors (Lipinski definition) is 1. The molecule has 0 bridgehead atoms. The van der Waals surface area contributed by atoms with Crippen LogP contribution in [0.4, 0.5) is 13.2 Å². The number of fused-ring (bicyclic) bond motifs is 1. The first-order chi connectivity index (χ1) is 12.8. The Labute approximate surface area is 159 Å². The van der Waals surface area contributed by atoms with Gasteiger partial charge in [0.25, 0.3) is 5.66 Å². The molecule has 0 radical (unpaired) electrons. The van der Waals surface area contributed by atoms with Gasteiger partial charge in [0.1, 0.15) is 17.6 Å². The predicted molar refractivity (Wildman–Crippen MR) is 105 cm³/mol. The lowest BCUT2D eigenvalue weighted by atomic mass is 9.94. The number of nitrogens with one attached hydrogen (secondary N) is 1. The maximum atomic E-state index is 14.5. The fraction of sp³-hybridized carbons (Fsp3) is 0.333. The van der Waals surface area contributed by atoms with Crippen molar-refractivity contribution in [3.63, 3.8) is 0 Å². The third-order valence-corrected chi connectivity index (χ3v) is 4.80. The van der Waals surface area contributed by atoms with Crippen LogP contribution in [0, 0.1) is 5.82 Å². The van der Waals surface area contributed by atoms with E-state index in [-0.39, 0.29) is 24.2 Å². The second-order valence-electron chi connectivity index (χ2n) is 6.41. The van der Waals surface area contributed by atoms with Gasteiger partial charge < -0.3 is 10.1 Å². The lowest BCUT2D eigenvalue weighted by molar-refractivity contribution is 0.0941. The minimum Gasteiger partial charge on any atom is -0.473 e. The fourth-order valence-electron chi connectivity index (χ4n) is 3.02. The molecule has 144 valence electrons. The Morgan fingerprint density at radius 2 is 2.11 bits per heavy atom. The van der Waals surface area contributed by atoms with E-state index in [0.29, 0.717) is 41.1 Å². The van der Waals surface area contributed by atoms with Gasteiger partial charge in [0, 0.05) is 17.7 Å². The van der Waals surface area contributed by atoms with Gasteiger partial charge in [-0.3, -0.25) is 4.79 Å². The molecule has 2 aromatic rings. The molecule has 1 aromatic carbocycles. The predicted octanol–water partition coefficient (Wildman–Crippen LogP) is 2.95. The first kappa shape index (κ1) is 20.2. The number of alkyl halides is 2. The maximum absolute atomic E-state index is 14.5. The summed E-state index contributed by atoms with van der Waals surface area (Å²) in [5.41, 5.74) is -1.12. The van der Waals surface area contributed by atoms with Gasteiger partial charge in [0.15, 0.2) is 6.29 Å². The molecular weight excluding hydrogens is 395 g/mol. The molecule has 1 aliphatic heterocycles. The Hall–Kier alpha value is -1.55. The molecule has 0 fully saturated rings. The molecule has 0 saturated carbocycles. The number of aromatic nitrogens is 1. The van der Waals surface area contributed by atoms with Crippen LogP contribution in [0.2, 0.25) is 0 Å². The van der Waals surface area contributed by atoms with Gasteiger partial charge in [-0.05, 0) is 35.8 Å². The topological polar surface area (TPSA) is 51.2 Å². The minimum absolute atomic E-state index is 0.128. The van der Waals surface area contributed by atoms with E-state index < -0.39 is 18.0 Å². The molecule has 3 unspecified atom stereocenters. The Balaban J connectivity index is 1.87. The molecule has 1 aliphatic rings. The van der Waals surface area contributed by atoms with E-state index in [1.807, 2.05) is 0 Å². The van der Waals surface area contributed by atoms with Crippen LogP contribution in [0.3, 0.4) is 0 Å². The molecule has 2 heterocycles. The zero-order valence-electron chi connectivity index (χ0n) is 14.3. The van der Waals surface area contributed by atoms with E-state index in [1.165, 1.54) is 15.3 Å². The molecule has 4 nitrogen and oxygen atoms in total. The van der Waals surface area contributed by atoms with Crippen molar-refractivity contribution in [1.29, 1.82) is 0 Å². The number of rotatable bonds is 6. The number of halogens is 3. The van der Waals surface area contributed by atoms with Crippen LogP contribution in [-0.4, -0.2) is 36.1 Å². The Morgan fingerprint density at radius 3 is 2.78 bits per heavy atom. The average Bonchev–Trinajstić information content (AvgIpc) is 2.59. The van der Waals surface area contributed by atoms with Crippen molar-refractivity contribution in [3.8, 4) is 17.0 Å². The van der Waals surface area contributed by atoms with Gasteiger partial charge in [0.05, 0.1) is 6.54 Å². The van der Waals surface area contributed by atoms with Crippen LogP contribution in [0.25, 0.3) is 11.1 Å². The number of nitrogens with zero attached hydrogens (tertiary/aromatic N) is 1. The van der Waals surface area contributed by atoms with E-state index in [4.69, 9.17) is 4.74 Å². The average molecular weight is 414 g/mol. The van der Waals surface area contributed by atoms with Crippen LogP contribution in [0.5, 0.6) is 5.88 Å². The van der Waals surface area contributed by atoms with E-state index in [2.05, 4.69) is 19.5 Å². The summed E-state index contributed by atoms with van der Waals surface area (Å²) in [4.78, 5) is 15.4. The molecule has 1 N–H and O–H groups in total. The van der Waals surface area contributed by atoms with Gasteiger partial charge >= 0.3 is 0 Å². The second-order valence-corrected chi connectivity index (χ2v) is 7.92. The van der Waals surface area contributed by atoms with Crippen molar-refractivity contribution in [1.82, 2.24) is 10.3 Å². The number of aldehydes is 1. The quantitative estimate of drug-likeness (QED) is 0.584. The summed E-state index contributed by atoms with van der Waals surface area (Å²) >= 11 is 0. The van der Waals surface area contributed by atoms with Crippen molar-refractivity contribution in [2.24, 2.45) is 0 Å². The highest BCUT2D eigenvalue weighted by atomic mass is 31.0. The van der Waals surface area contributed by atoms with Crippen LogP contribution < -0.4 is 15.4 Å². The first-order valence-corrected chi connectivity index (χ1v) is 9.51. The van der Waals surface area contributed by atoms with Gasteiger partial charge in [-0.15, -0.1) is 9.24 Å². The van der Waals surface area contributed by atoms with E-state index in [1.54, 1.807) is 18.2 Å². The van der Waals surface area contributed by atoms with Gasteiger partial charge in [-0.25, -0.2) is 18.2 Å². The second kappa shape index (κ2) is 8.22. The number of ether oxygens (including phenoxy) is 1. The van der Waals surface area contributed by atoms with Gasteiger partial charge in [-0.1, -0.05) is 21.4 Å². The first-order valence-electron chi connectivity index (χ1n) is 8.35. The summed E-state index contributed by atoms with van der Waals surface area (Å²) in [6.45, 7) is -0.258. The number of hydrogen-bond acceptors (Lipinski definition) is 4. The molecule has 27 heavy (non-hydrogen) atoms. The van der Waals surface area contributed by atoms with Crippen LogP contribution in [0.1, 0.15) is 22.5 Å². The normalized spacial score (nSPS) is 16.6. The molecule has 0 saturated heterocycles. The number of carbonyl (C=O) groups is 1. The zero-order chi connectivity index (χ0) is 19.6. The van der Waals surface area contributed by atoms with Gasteiger partial charge in [-0.2, -0.15) is 0 Å². The SMILES string of the molecule is O=Cc1cc(-c2ccc(P)cc2F)c2c(n1)OC(CNCC(F)(F)P)CC2. The molecule has 9 heteroatoms. The van der Waals surface area contributed by atoms with Crippen molar-refractivity contribution in [2.45, 2.75) is 24.6 Å². The van der Waals surface area contributed by atoms with Crippen molar-refractivity contribution in [2.75, 3.05) is 13.1 Å². The molecule has 0 aliphatic carbocycles. The number of benzene rings is 1. The summed E-state index contributed by atoms with van der Waals surface area (Å²) in [5, 5.41) is 3.37. The fourth-order valence-corrected chi connectivity index (χ4v) is 3.41. The highest BCUT2D eigenvalue weighted by Crippen LogP contribution is 2.36. The molecule has 0 amide bonds. The lowest BCUT2D eigenvalue weighted by Gasteiger charge is -2.27. The smallest absolute Gasteiger partial charge is 0.271 e. The Kier molecular flexibility index (Phi) is 6.15. The zero-order valence-corrected chi connectivity index (χ0v) is 16.7. The monoisotopic (exact) mass is 414 g/mol. The van der Waals surface area contributed by atoms with Crippen LogP contribution in [0.15, 0.2) is 24.3 Å². The molecule has 3 rings (SSSR count). The Bertz CT molecular complexity index is 859. The molecule has 0 spiro atoms. The molecule has 1 aromatic heterocycles. The van der Waals surface area contributed by atoms with Crippen LogP contribution in [-0.2, 0) is 6.42 Å². The molecular formula is C18H19F3N2O2P2. The summed E-state index contributed by atoms with van der Waals surface area (Å²) in [7, 11) is 3.91. The van der Waals surface area contributed by atoms with Crippen molar-refractivity contribution >= 4 is 30.1 Å². The Morgan fingerprint density at radius 1 is 1.33 bits per heavy atom. The summed E-state index contributed by atoms with van der Waals surface area (Å²) in [6, 6.07) is 6.35.